The van der Waals surface area contributed by atoms with Crippen LogP contribution in [0.2, 0.25) is 0 Å². The molecular weight excluding hydrogens is 256 g/mol. The molecule has 3 unspecified atom stereocenters. The second-order valence-electron chi connectivity index (χ2n) is 7.15. The molecule has 0 amide bonds. The lowest BCUT2D eigenvalue weighted by Crippen LogP contribution is -2.35. The van der Waals surface area contributed by atoms with Crippen LogP contribution in [0.3, 0.4) is 0 Å². The van der Waals surface area contributed by atoms with Gasteiger partial charge < -0.3 is 10.2 Å². The number of aryl methyl sites for hydroxylation is 2. The molecule has 1 aromatic carbocycles. The Morgan fingerprint density at radius 3 is 2.52 bits per heavy atom. The minimum Gasteiger partial charge on any atom is -0.310 e. The van der Waals surface area contributed by atoms with Gasteiger partial charge in [-0.15, -0.1) is 0 Å². The first-order valence-corrected chi connectivity index (χ1v) is 8.71. The van der Waals surface area contributed by atoms with Crippen LogP contribution in [-0.4, -0.2) is 30.6 Å². The van der Waals surface area contributed by atoms with Crippen LogP contribution in [0.4, 0.5) is 0 Å². The van der Waals surface area contributed by atoms with Crippen molar-refractivity contribution in [1.82, 2.24) is 10.2 Å². The molecule has 1 saturated heterocycles. The quantitative estimate of drug-likeness (QED) is 0.855. The average molecular weight is 286 g/mol. The highest BCUT2D eigenvalue weighted by Crippen LogP contribution is 2.37. The molecule has 2 heteroatoms. The maximum atomic E-state index is 3.69. The van der Waals surface area contributed by atoms with Crippen molar-refractivity contribution in [3.8, 4) is 0 Å². The molecule has 0 spiro atoms. The van der Waals surface area contributed by atoms with Gasteiger partial charge >= 0.3 is 0 Å². The smallest absolute Gasteiger partial charge is 0.0332 e. The summed E-state index contributed by atoms with van der Waals surface area (Å²) in [5.41, 5.74) is 4.24. The Morgan fingerprint density at radius 1 is 1.19 bits per heavy atom. The molecule has 1 aromatic rings. The first kappa shape index (κ1) is 15.1. The molecule has 0 aromatic heterocycles. The van der Waals surface area contributed by atoms with E-state index in [2.05, 4.69) is 49.2 Å². The van der Waals surface area contributed by atoms with Gasteiger partial charge in [0.05, 0.1) is 0 Å². The van der Waals surface area contributed by atoms with Crippen LogP contribution in [0, 0.1) is 19.8 Å². The molecular formula is C19H30N2. The zero-order valence-electron chi connectivity index (χ0n) is 13.9. The summed E-state index contributed by atoms with van der Waals surface area (Å²) >= 11 is 0. The number of nitrogens with zero attached hydrogens (tertiary/aromatic N) is 1. The molecule has 2 nitrogen and oxygen atoms in total. The summed E-state index contributed by atoms with van der Waals surface area (Å²) in [6, 6.07) is 8.39. The Kier molecular flexibility index (Phi) is 4.66. The fraction of sp³-hybridized carbons (Fsp3) is 0.684. The van der Waals surface area contributed by atoms with Gasteiger partial charge in [0.2, 0.25) is 0 Å². The molecule has 2 bridgehead atoms. The van der Waals surface area contributed by atoms with Gasteiger partial charge in [-0.2, -0.15) is 0 Å². The van der Waals surface area contributed by atoms with Crippen molar-refractivity contribution in [2.75, 3.05) is 19.6 Å². The fourth-order valence-corrected chi connectivity index (χ4v) is 4.44. The summed E-state index contributed by atoms with van der Waals surface area (Å²) in [6.07, 6.45) is 5.63. The number of nitrogens with one attached hydrogen (secondary N) is 1. The minimum atomic E-state index is 0.507. The SMILES string of the molecule is CCNC(CCN1CC2CCC1C2)c1cc(C)cc(C)c1. The first-order valence-electron chi connectivity index (χ1n) is 8.71. The number of likely N-dealkylation sites (tertiary alicyclic amines) is 1. The summed E-state index contributed by atoms with van der Waals surface area (Å²) in [7, 11) is 0. The lowest BCUT2D eigenvalue weighted by molar-refractivity contribution is 0.203. The van der Waals surface area contributed by atoms with E-state index in [1.807, 2.05) is 0 Å². The van der Waals surface area contributed by atoms with Gasteiger partial charge in [-0.3, -0.25) is 0 Å². The van der Waals surface area contributed by atoms with Gasteiger partial charge in [0, 0.05) is 25.2 Å². The molecule has 1 aliphatic carbocycles. The summed E-state index contributed by atoms with van der Waals surface area (Å²) in [4.78, 5) is 2.75. The molecule has 1 heterocycles. The van der Waals surface area contributed by atoms with Crippen molar-refractivity contribution in [3.05, 3.63) is 34.9 Å². The van der Waals surface area contributed by atoms with Crippen LogP contribution in [0.15, 0.2) is 18.2 Å². The molecule has 1 saturated carbocycles. The van der Waals surface area contributed by atoms with Crippen LogP contribution < -0.4 is 5.32 Å². The number of hydrogen-bond acceptors (Lipinski definition) is 2. The van der Waals surface area contributed by atoms with Crippen LogP contribution in [0.1, 0.15) is 55.3 Å². The second kappa shape index (κ2) is 6.50. The summed E-state index contributed by atoms with van der Waals surface area (Å²) < 4.78 is 0. The van der Waals surface area contributed by atoms with Crippen LogP contribution >= 0.6 is 0 Å². The molecule has 21 heavy (non-hydrogen) atoms. The van der Waals surface area contributed by atoms with Gasteiger partial charge in [-0.25, -0.2) is 0 Å². The fourth-order valence-electron chi connectivity index (χ4n) is 4.44. The van der Waals surface area contributed by atoms with Gasteiger partial charge in [0.1, 0.15) is 0 Å². The Balaban J connectivity index is 1.64. The van der Waals surface area contributed by atoms with Gasteiger partial charge in [-0.05, 0) is 57.6 Å². The van der Waals surface area contributed by atoms with E-state index >= 15 is 0 Å². The highest BCUT2D eigenvalue weighted by Gasteiger charge is 2.37. The van der Waals surface area contributed by atoms with Gasteiger partial charge in [-0.1, -0.05) is 36.2 Å². The second-order valence-corrected chi connectivity index (χ2v) is 7.15. The molecule has 3 rings (SSSR count). The lowest BCUT2D eigenvalue weighted by Gasteiger charge is -2.29. The molecule has 2 fully saturated rings. The largest absolute Gasteiger partial charge is 0.310 e. The topological polar surface area (TPSA) is 15.3 Å². The Morgan fingerprint density at radius 2 is 1.95 bits per heavy atom. The lowest BCUT2D eigenvalue weighted by atomic mass is 9.98. The number of piperidine rings is 1. The normalized spacial score (nSPS) is 26.4. The predicted molar refractivity (Wildman–Crippen MR) is 89.7 cm³/mol. The zero-order valence-corrected chi connectivity index (χ0v) is 13.9. The molecule has 2 aliphatic rings. The van der Waals surface area contributed by atoms with E-state index in [1.165, 1.54) is 55.5 Å². The standard InChI is InChI=1S/C19H30N2/c1-4-20-19(17-10-14(2)9-15(3)11-17)7-8-21-13-16-5-6-18(21)12-16/h9-11,16,18-20H,4-8,12-13H2,1-3H3. The average Bonchev–Trinajstić information content (AvgIpc) is 3.04. The van der Waals surface area contributed by atoms with Crippen molar-refractivity contribution >= 4 is 0 Å². The van der Waals surface area contributed by atoms with E-state index < -0.39 is 0 Å². The third-order valence-corrected chi connectivity index (χ3v) is 5.32. The summed E-state index contributed by atoms with van der Waals surface area (Å²) in [5.74, 6) is 1.01. The summed E-state index contributed by atoms with van der Waals surface area (Å²) in [5, 5.41) is 3.69. The maximum Gasteiger partial charge on any atom is 0.0332 e. The number of benzene rings is 1. The molecule has 1 aliphatic heterocycles. The summed E-state index contributed by atoms with van der Waals surface area (Å²) in [6.45, 7) is 10.3. The molecule has 1 N–H and O–H groups in total. The highest BCUT2D eigenvalue weighted by atomic mass is 15.2. The maximum absolute atomic E-state index is 3.69. The zero-order chi connectivity index (χ0) is 14.8. The van der Waals surface area contributed by atoms with E-state index in [0.29, 0.717) is 6.04 Å². The highest BCUT2D eigenvalue weighted by molar-refractivity contribution is 5.30. The van der Waals surface area contributed by atoms with E-state index in [4.69, 9.17) is 0 Å². The van der Waals surface area contributed by atoms with Crippen molar-refractivity contribution in [1.29, 1.82) is 0 Å². The Hall–Kier alpha value is -0.860. The molecule has 0 radical (unpaired) electrons. The van der Waals surface area contributed by atoms with E-state index in [1.54, 1.807) is 0 Å². The Bertz CT molecular complexity index is 462. The van der Waals surface area contributed by atoms with Crippen molar-refractivity contribution < 1.29 is 0 Å². The van der Waals surface area contributed by atoms with Crippen molar-refractivity contribution in [2.24, 2.45) is 5.92 Å². The van der Waals surface area contributed by atoms with Gasteiger partial charge in [0.15, 0.2) is 0 Å². The van der Waals surface area contributed by atoms with E-state index in [9.17, 15) is 0 Å². The first-order chi connectivity index (χ1) is 10.2. The van der Waals surface area contributed by atoms with Gasteiger partial charge in [0.25, 0.3) is 0 Å². The third-order valence-electron chi connectivity index (χ3n) is 5.32. The van der Waals surface area contributed by atoms with Crippen molar-refractivity contribution in [3.63, 3.8) is 0 Å². The van der Waals surface area contributed by atoms with Crippen LogP contribution in [0.25, 0.3) is 0 Å². The van der Waals surface area contributed by atoms with Crippen LogP contribution in [-0.2, 0) is 0 Å². The monoisotopic (exact) mass is 286 g/mol. The molecule has 3 atom stereocenters. The van der Waals surface area contributed by atoms with Crippen molar-refractivity contribution in [2.45, 2.75) is 58.5 Å². The van der Waals surface area contributed by atoms with E-state index in [0.717, 1.165) is 18.5 Å². The van der Waals surface area contributed by atoms with E-state index in [-0.39, 0.29) is 0 Å². The number of hydrogen-bond donors (Lipinski definition) is 1. The third kappa shape index (κ3) is 3.49. The van der Waals surface area contributed by atoms with Crippen LogP contribution in [0.5, 0.6) is 0 Å². The molecule has 116 valence electrons. The minimum absolute atomic E-state index is 0.507. The number of fused-ring (bicyclic) bond motifs is 2. The predicted octanol–water partition coefficient (Wildman–Crippen LogP) is 3.83. The number of rotatable bonds is 6. The Labute approximate surface area is 129 Å².